The molecule has 0 aliphatic heterocycles. The standard InChI is InChI=1S/C23H23N7O2S/c1-13-18-21(27-14(2)28-22(18)33-19(13)23(31)32-3)26-11-7-10-17-16(12-24)20(25)30(29-17)15-8-5-4-6-9-15/h4-6,8-9H,7,10-11,25H2,1-3H3,(H,26,27,28). The van der Waals surface area contributed by atoms with Crippen molar-refractivity contribution >= 4 is 39.2 Å². The summed E-state index contributed by atoms with van der Waals surface area (Å²) in [5, 5.41) is 18.3. The molecule has 33 heavy (non-hydrogen) atoms. The lowest BCUT2D eigenvalue weighted by Gasteiger charge is -2.08. The van der Waals surface area contributed by atoms with Gasteiger partial charge < -0.3 is 15.8 Å². The van der Waals surface area contributed by atoms with E-state index in [-0.39, 0.29) is 5.97 Å². The van der Waals surface area contributed by atoms with Gasteiger partial charge in [0, 0.05) is 6.54 Å². The second-order valence-corrected chi connectivity index (χ2v) is 8.44. The predicted molar refractivity (Wildman–Crippen MR) is 128 cm³/mol. The van der Waals surface area contributed by atoms with Gasteiger partial charge in [0.05, 0.1) is 23.9 Å². The number of aryl methyl sites for hydroxylation is 3. The predicted octanol–water partition coefficient (Wildman–Crippen LogP) is 3.78. The summed E-state index contributed by atoms with van der Waals surface area (Å²) in [6.07, 6.45) is 1.28. The fourth-order valence-electron chi connectivity index (χ4n) is 3.66. The number of benzene rings is 1. The van der Waals surface area contributed by atoms with Crippen molar-refractivity contribution < 1.29 is 9.53 Å². The number of fused-ring (bicyclic) bond motifs is 1. The Morgan fingerprint density at radius 1 is 1.27 bits per heavy atom. The quantitative estimate of drug-likeness (QED) is 0.314. The maximum atomic E-state index is 12.1. The van der Waals surface area contributed by atoms with Gasteiger partial charge in [-0.2, -0.15) is 10.4 Å². The molecule has 0 bridgehead atoms. The number of nitrogens with zero attached hydrogens (tertiary/aromatic N) is 5. The molecule has 9 nitrogen and oxygen atoms in total. The van der Waals surface area contributed by atoms with Crippen molar-refractivity contribution in [3.63, 3.8) is 0 Å². The van der Waals surface area contributed by atoms with Crippen molar-refractivity contribution in [1.29, 1.82) is 5.26 Å². The minimum absolute atomic E-state index is 0.337. The lowest BCUT2D eigenvalue weighted by molar-refractivity contribution is 0.0605. The first-order valence-corrected chi connectivity index (χ1v) is 11.2. The molecule has 0 atom stereocenters. The van der Waals surface area contributed by atoms with Gasteiger partial charge in [-0.25, -0.2) is 19.4 Å². The summed E-state index contributed by atoms with van der Waals surface area (Å²) >= 11 is 1.30. The number of esters is 1. The summed E-state index contributed by atoms with van der Waals surface area (Å²) in [6.45, 7) is 4.28. The lowest BCUT2D eigenvalue weighted by Crippen LogP contribution is -2.07. The molecular formula is C23H23N7O2S. The van der Waals surface area contributed by atoms with Crippen LogP contribution in [-0.4, -0.2) is 39.4 Å². The molecule has 0 aliphatic rings. The number of nitriles is 1. The van der Waals surface area contributed by atoms with E-state index in [1.54, 1.807) is 4.68 Å². The summed E-state index contributed by atoms with van der Waals surface area (Å²) in [5.74, 6) is 1.25. The van der Waals surface area contributed by atoms with Crippen molar-refractivity contribution in [2.24, 2.45) is 0 Å². The van der Waals surface area contributed by atoms with Gasteiger partial charge in [0.2, 0.25) is 0 Å². The number of hydrogen-bond acceptors (Lipinski definition) is 9. The minimum Gasteiger partial charge on any atom is -0.465 e. The highest BCUT2D eigenvalue weighted by Crippen LogP contribution is 2.34. The van der Waals surface area contributed by atoms with Gasteiger partial charge in [0.1, 0.15) is 38.8 Å². The van der Waals surface area contributed by atoms with E-state index in [0.29, 0.717) is 53.0 Å². The van der Waals surface area contributed by atoms with Gasteiger partial charge in [0.15, 0.2) is 0 Å². The molecule has 0 fully saturated rings. The molecule has 0 unspecified atom stereocenters. The highest BCUT2D eigenvalue weighted by atomic mass is 32.1. The van der Waals surface area contributed by atoms with Gasteiger partial charge in [-0.3, -0.25) is 0 Å². The zero-order valence-electron chi connectivity index (χ0n) is 18.5. The van der Waals surface area contributed by atoms with Crippen molar-refractivity contribution in [3.05, 3.63) is 57.9 Å². The number of nitrogen functional groups attached to an aromatic ring is 1. The largest absolute Gasteiger partial charge is 0.465 e. The number of thiophene rings is 1. The number of hydrogen-bond donors (Lipinski definition) is 2. The molecule has 0 saturated carbocycles. The van der Waals surface area contributed by atoms with Gasteiger partial charge in [-0.1, -0.05) is 18.2 Å². The fraction of sp³-hybridized carbons (Fsp3) is 0.261. The van der Waals surface area contributed by atoms with E-state index in [1.807, 2.05) is 44.2 Å². The molecular weight excluding hydrogens is 438 g/mol. The Kier molecular flexibility index (Phi) is 6.24. The molecule has 0 aliphatic carbocycles. The van der Waals surface area contributed by atoms with Crippen molar-refractivity contribution in [3.8, 4) is 11.8 Å². The average Bonchev–Trinajstić information content (AvgIpc) is 3.32. The van der Waals surface area contributed by atoms with E-state index in [9.17, 15) is 10.1 Å². The highest BCUT2D eigenvalue weighted by molar-refractivity contribution is 7.20. The van der Waals surface area contributed by atoms with Crippen LogP contribution < -0.4 is 11.1 Å². The molecule has 3 N–H and O–H groups in total. The summed E-state index contributed by atoms with van der Waals surface area (Å²) < 4.78 is 6.49. The summed E-state index contributed by atoms with van der Waals surface area (Å²) in [6, 6.07) is 11.7. The van der Waals surface area contributed by atoms with Crippen LogP contribution >= 0.6 is 11.3 Å². The van der Waals surface area contributed by atoms with Crippen LogP contribution in [0.15, 0.2) is 30.3 Å². The van der Waals surface area contributed by atoms with E-state index in [0.717, 1.165) is 21.5 Å². The summed E-state index contributed by atoms with van der Waals surface area (Å²) in [4.78, 5) is 22.4. The maximum Gasteiger partial charge on any atom is 0.348 e. The number of anilines is 2. The number of ether oxygens (including phenoxy) is 1. The molecule has 0 saturated heterocycles. The Balaban J connectivity index is 1.52. The van der Waals surface area contributed by atoms with E-state index >= 15 is 0 Å². The fourth-order valence-corrected chi connectivity index (χ4v) is 4.81. The molecule has 4 aromatic rings. The number of carbonyl (C=O) groups is 1. The summed E-state index contributed by atoms with van der Waals surface area (Å²) in [5.41, 5.74) is 8.85. The van der Waals surface area contributed by atoms with Crippen LogP contribution in [0.1, 0.15) is 38.7 Å². The number of rotatable bonds is 7. The number of carbonyl (C=O) groups excluding carboxylic acids is 1. The normalized spacial score (nSPS) is 10.8. The van der Waals surface area contributed by atoms with Crippen LogP contribution in [0.2, 0.25) is 0 Å². The number of aromatic nitrogens is 4. The first-order chi connectivity index (χ1) is 15.9. The molecule has 10 heteroatoms. The Bertz CT molecular complexity index is 1370. The Morgan fingerprint density at radius 2 is 2.03 bits per heavy atom. The Morgan fingerprint density at radius 3 is 2.73 bits per heavy atom. The second-order valence-electron chi connectivity index (χ2n) is 7.44. The smallest absolute Gasteiger partial charge is 0.348 e. The van der Waals surface area contributed by atoms with E-state index in [4.69, 9.17) is 10.5 Å². The average molecular weight is 462 g/mol. The third-order valence-electron chi connectivity index (χ3n) is 5.26. The van der Waals surface area contributed by atoms with Crippen LogP contribution in [0.25, 0.3) is 15.9 Å². The zero-order valence-corrected chi connectivity index (χ0v) is 19.4. The highest BCUT2D eigenvalue weighted by Gasteiger charge is 2.21. The van der Waals surface area contributed by atoms with Crippen molar-refractivity contribution in [2.75, 3.05) is 24.7 Å². The van der Waals surface area contributed by atoms with E-state index in [2.05, 4.69) is 26.5 Å². The van der Waals surface area contributed by atoms with Gasteiger partial charge >= 0.3 is 5.97 Å². The van der Waals surface area contributed by atoms with Crippen molar-refractivity contribution in [2.45, 2.75) is 26.7 Å². The number of nitrogens with two attached hydrogens (primary N) is 1. The van der Waals surface area contributed by atoms with E-state index in [1.165, 1.54) is 18.4 Å². The minimum atomic E-state index is -0.380. The molecule has 3 heterocycles. The first-order valence-electron chi connectivity index (χ1n) is 10.4. The Labute approximate surface area is 194 Å². The number of nitrogens with one attached hydrogen (secondary N) is 1. The maximum absolute atomic E-state index is 12.1. The topological polar surface area (TPSA) is 132 Å². The third kappa shape index (κ3) is 4.23. The van der Waals surface area contributed by atoms with Crippen LogP contribution in [0.3, 0.4) is 0 Å². The molecule has 0 spiro atoms. The summed E-state index contributed by atoms with van der Waals surface area (Å²) in [7, 11) is 1.36. The monoisotopic (exact) mass is 461 g/mol. The first kappa shape index (κ1) is 22.2. The molecule has 4 rings (SSSR count). The van der Waals surface area contributed by atoms with Crippen LogP contribution in [0, 0.1) is 25.2 Å². The molecule has 168 valence electrons. The molecule has 3 aromatic heterocycles. The third-order valence-corrected chi connectivity index (χ3v) is 6.43. The molecule has 0 amide bonds. The Hall–Kier alpha value is -3.97. The van der Waals surface area contributed by atoms with E-state index < -0.39 is 0 Å². The molecule has 1 aromatic carbocycles. The molecule has 0 radical (unpaired) electrons. The SMILES string of the molecule is COC(=O)c1sc2nc(C)nc(NCCCc3nn(-c4ccccc4)c(N)c3C#N)c2c1C. The number of methoxy groups -OCH3 is 1. The van der Waals surface area contributed by atoms with Gasteiger partial charge in [-0.15, -0.1) is 11.3 Å². The zero-order chi connectivity index (χ0) is 23.5. The number of para-hydroxylation sites is 1. The second kappa shape index (κ2) is 9.26. The van der Waals surface area contributed by atoms with Gasteiger partial charge in [-0.05, 0) is 44.4 Å². The van der Waals surface area contributed by atoms with Crippen LogP contribution in [-0.2, 0) is 11.2 Å². The van der Waals surface area contributed by atoms with Crippen molar-refractivity contribution in [1.82, 2.24) is 19.7 Å². The van der Waals surface area contributed by atoms with Crippen LogP contribution in [0.5, 0.6) is 0 Å². The van der Waals surface area contributed by atoms with Crippen LogP contribution in [0.4, 0.5) is 11.6 Å². The lowest BCUT2D eigenvalue weighted by atomic mass is 10.1. The van der Waals surface area contributed by atoms with Gasteiger partial charge in [0.25, 0.3) is 0 Å².